The molecule has 222 valence electrons. The molecular weight excluding hydrogens is 554 g/mol. The minimum absolute atomic E-state index is 0.0410. The Kier molecular flexibility index (Phi) is 9.08. The highest BCUT2D eigenvalue weighted by molar-refractivity contribution is 7.80. The first-order valence-electron chi connectivity index (χ1n) is 14.3. The molecule has 0 aliphatic carbocycles. The summed E-state index contributed by atoms with van der Waals surface area (Å²) in [6.07, 6.45) is 4.18. The molecule has 2 heterocycles. The first-order chi connectivity index (χ1) is 20.3. The van der Waals surface area contributed by atoms with Crippen molar-refractivity contribution in [3.63, 3.8) is 0 Å². The summed E-state index contributed by atoms with van der Waals surface area (Å²) < 4.78 is 29.8. The Hall–Kier alpha value is -3.96. The zero-order valence-corrected chi connectivity index (χ0v) is 24.5. The van der Waals surface area contributed by atoms with Crippen LogP contribution < -0.4 is 14.8 Å². The highest BCUT2D eigenvalue weighted by atomic mass is 32.2. The standard InChI is InChI=1S/C31H37N5O5S/c1-41-26-14-12-22-11-13-25(19-24(22)20-26)36(42(39)40)27-6-5-17-35(31(27)38)28(30(37)34-15-3-2-4-16-34)18-21-7-9-23(10-8-21)29(32)33/h7-14,19-20,27-28H,2-6,15-18H2,1H3,(H3,32,33)(H,39,40). The van der Waals surface area contributed by atoms with Crippen molar-refractivity contribution in [2.45, 2.75) is 50.6 Å². The molecule has 4 N–H and O–H groups in total. The highest BCUT2D eigenvalue weighted by Gasteiger charge is 2.42. The molecule has 5 rings (SSSR count). The van der Waals surface area contributed by atoms with Crippen LogP contribution in [0.15, 0.2) is 60.7 Å². The minimum atomic E-state index is -2.48. The van der Waals surface area contributed by atoms with Crippen molar-refractivity contribution in [2.24, 2.45) is 5.73 Å². The number of rotatable bonds is 9. The second-order valence-electron chi connectivity index (χ2n) is 10.9. The van der Waals surface area contributed by atoms with Gasteiger partial charge in [0, 0.05) is 31.6 Å². The number of amidine groups is 1. The van der Waals surface area contributed by atoms with Gasteiger partial charge in [-0.3, -0.25) is 23.9 Å². The molecule has 3 aromatic rings. The van der Waals surface area contributed by atoms with Gasteiger partial charge in [0.1, 0.15) is 23.7 Å². The number of hydrogen-bond donors (Lipinski definition) is 3. The van der Waals surface area contributed by atoms with Crippen molar-refractivity contribution in [3.8, 4) is 5.75 Å². The lowest BCUT2D eigenvalue weighted by Crippen LogP contribution is -2.60. The number of ether oxygens (including phenoxy) is 1. The molecule has 0 radical (unpaired) electrons. The van der Waals surface area contributed by atoms with Crippen LogP contribution in [-0.4, -0.2) is 75.0 Å². The molecule has 2 saturated heterocycles. The number of benzene rings is 3. The number of nitrogens with one attached hydrogen (secondary N) is 1. The number of carbonyl (C=O) groups excluding carboxylic acids is 2. The van der Waals surface area contributed by atoms with E-state index < -0.39 is 23.4 Å². The van der Waals surface area contributed by atoms with Gasteiger partial charge in [0.05, 0.1) is 12.8 Å². The molecule has 2 amide bonds. The summed E-state index contributed by atoms with van der Waals surface area (Å²) in [5, 5.41) is 9.42. The van der Waals surface area contributed by atoms with Gasteiger partial charge in [0.15, 0.2) is 0 Å². The fraction of sp³-hybridized carbons (Fsp3) is 0.387. The molecule has 3 unspecified atom stereocenters. The average Bonchev–Trinajstić information content (AvgIpc) is 3.01. The summed E-state index contributed by atoms with van der Waals surface area (Å²) in [6.45, 7) is 1.68. The summed E-state index contributed by atoms with van der Waals surface area (Å²) in [7, 11) is 1.58. The lowest BCUT2D eigenvalue weighted by Gasteiger charge is -2.42. The van der Waals surface area contributed by atoms with E-state index in [9.17, 15) is 18.4 Å². The SMILES string of the molecule is COc1ccc2ccc(N(C3CCCN(C(Cc4ccc(C(=N)N)cc4)C(=O)N4CCCCC4)C3=O)S(=O)O)cc2c1. The van der Waals surface area contributed by atoms with Crippen molar-refractivity contribution >= 4 is 45.4 Å². The lowest BCUT2D eigenvalue weighted by atomic mass is 9.96. The van der Waals surface area contributed by atoms with Gasteiger partial charge in [0.2, 0.25) is 11.8 Å². The number of fused-ring (bicyclic) bond motifs is 1. The van der Waals surface area contributed by atoms with E-state index in [0.29, 0.717) is 55.9 Å². The molecule has 0 bridgehead atoms. The second kappa shape index (κ2) is 12.9. The number of piperidine rings is 2. The molecule has 3 aromatic carbocycles. The number of anilines is 1. The van der Waals surface area contributed by atoms with Gasteiger partial charge in [-0.2, -0.15) is 0 Å². The van der Waals surface area contributed by atoms with Gasteiger partial charge in [0.25, 0.3) is 11.3 Å². The van der Waals surface area contributed by atoms with Gasteiger partial charge in [-0.15, -0.1) is 0 Å². The zero-order chi connectivity index (χ0) is 29.8. The van der Waals surface area contributed by atoms with Crippen LogP contribution in [-0.2, 0) is 27.3 Å². The van der Waals surface area contributed by atoms with Gasteiger partial charge in [-0.25, -0.2) is 4.21 Å². The summed E-state index contributed by atoms with van der Waals surface area (Å²) >= 11 is -2.48. The molecule has 0 spiro atoms. The average molecular weight is 592 g/mol. The number of likely N-dealkylation sites (tertiary alicyclic amines) is 2. The monoisotopic (exact) mass is 591 g/mol. The Bertz CT molecular complexity index is 1490. The summed E-state index contributed by atoms with van der Waals surface area (Å²) in [6, 6.07) is 16.5. The number of nitrogens with zero attached hydrogens (tertiary/aromatic N) is 3. The molecule has 2 aliphatic rings. The van der Waals surface area contributed by atoms with Gasteiger partial charge in [-0.1, -0.05) is 36.4 Å². The van der Waals surface area contributed by atoms with Crippen molar-refractivity contribution in [1.29, 1.82) is 5.41 Å². The fourth-order valence-electron chi connectivity index (χ4n) is 5.96. The maximum atomic E-state index is 14.2. The van der Waals surface area contributed by atoms with Crippen molar-refractivity contribution in [3.05, 3.63) is 71.8 Å². The van der Waals surface area contributed by atoms with Crippen molar-refractivity contribution < 1.29 is 23.1 Å². The van der Waals surface area contributed by atoms with E-state index in [1.54, 1.807) is 36.3 Å². The number of methoxy groups -OCH3 is 1. The summed E-state index contributed by atoms with van der Waals surface area (Å²) in [5.41, 5.74) is 7.49. The quantitative estimate of drug-likeness (QED) is 0.197. The fourth-order valence-corrected chi connectivity index (χ4v) is 6.67. The largest absolute Gasteiger partial charge is 0.497 e. The Morgan fingerprint density at radius 1 is 1.05 bits per heavy atom. The third-order valence-corrected chi connectivity index (χ3v) is 9.01. The lowest BCUT2D eigenvalue weighted by molar-refractivity contribution is -0.148. The number of hydrogen-bond acceptors (Lipinski definition) is 5. The van der Waals surface area contributed by atoms with E-state index in [-0.39, 0.29) is 17.6 Å². The smallest absolute Gasteiger partial charge is 0.262 e. The molecule has 0 aromatic heterocycles. The molecule has 2 fully saturated rings. The highest BCUT2D eigenvalue weighted by Crippen LogP contribution is 2.31. The molecule has 10 nitrogen and oxygen atoms in total. The first kappa shape index (κ1) is 29.5. The van der Waals surface area contributed by atoms with Crippen LogP contribution in [0.3, 0.4) is 0 Å². The summed E-state index contributed by atoms with van der Waals surface area (Å²) in [4.78, 5) is 31.6. The van der Waals surface area contributed by atoms with Crippen LogP contribution >= 0.6 is 0 Å². The van der Waals surface area contributed by atoms with E-state index in [1.165, 1.54) is 4.31 Å². The predicted molar refractivity (Wildman–Crippen MR) is 164 cm³/mol. The van der Waals surface area contributed by atoms with Gasteiger partial charge >= 0.3 is 0 Å². The number of amides is 2. The van der Waals surface area contributed by atoms with E-state index in [1.807, 2.05) is 41.3 Å². The van der Waals surface area contributed by atoms with Gasteiger partial charge < -0.3 is 20.3 Å². The minimum Gasteiger partial charge on any atom is -0.497 e. The maximum Gasteiger partial charge on any atom is 0.262 e. The number of nitrogens with two attached hydrogens (primary N) is 1. The molecule has 0 saturated carbocycles. The maximum absolute atomic E-state index is 14.2. The normalized spacial score (nSPS) is 18.9. The van der Waals surface area contributed by atoms with E-state index >= 15 is 0 Å². The molecule has 3 atom stereocenters. The van der Waals surface area contributed by atoms with Crippen LogP contribution in [0.1, 0.15) is 43.2 Å². The summed E-state index contributed by atoms with van der Waals surface area (Å²) in [5.74, 6) is 0.173. The molecule has 2 aliphatic heterocycles. The number of nitrogen functional groups attached to an aromatic ring is 1. The van der Waals surface area contributed by atoms with Crippen molar-refractivity contribution in [2.75, 3.05) is 31.0 Å². The Balaban J connectivity index is 1.46. The Labute approximate surface area is 248 Å². The van der Waals surface area contributed by atoms with Crippen molar-refractivity contribution in [1.82, 2.24) is 9.80 Å². The van der Waals surface area contributed by atoms with E-state index in [2.05, 4.69) is 0 Å². The predicted octanol–water partition coefficient (Wildman–Crippen LogP) is 3.69. The number of carbonyl (C=O) groups is 2. The molecule has 11 heteroatoms. The van der Waals surface area contributed by atoms with Gasteiger partial charge in [-0.05, 0) is 72.7 Å². The van der Waals surface area contributed by atoms with Crippen LogP contribution in [0.5, 0.6) is 5.75 Å². The first-order valence-corrected chi connectivity index (χ1v) is 15.3. The zero-order valence-electron chi connectivity index (χ0n) is 23.7. The third-order valence-electron chi connectivity index (χ3n) is 8.20. The van der Waals surface area contributed by atoms with Crippen LogP contribution in [0.4, 0.5) is 5.69 Å². The van der Waals surface area contributed by atoms with Crippen LogP contribution in [0.25, 0.3) is 10.8 Å². The van der Waals surface area contributed by atoms with E-state index in [4.69, 9.17) is 15.9 Å². The van der Waals surface area contributed by atoms with E-state index in [0.717, 1.165) is 35.6 Å². The second-order valence-corrected chi connectivity index (χ2v) is 11.7. The van der Waals surface area contributed by atoms with Crippen LogP contribution in [0, 0.1) is 5.41 Å². The Morgan fingerprint density at radius 2 is 1.76 bits per heavy atom. The molecule has 42 heavy (non-hydrogen) atoms. The van der Waals surface area contributed by atoms with Crippen LogP contribution in [0.2, 0.25) is 0 Å². The third kappa shape index (κ3) is 6.27. The Morgan fingerprint density at radius 3 is 2.43 bits per heavy atom. The topological polar surface area (TPSA) is 140 Å². The molecular formula is C31H37N5O5S.